The Morgan fingerprint density at radius 3 is 2.68 bits per heavy atom. The Bertz CT molecular complexity index is 906. The number of hydrogen-bond donors (Lipinski definition) is 1. The number of nitrogens with one attached hydrogen (secondary N) is 1. The first-order chi connectivity index (χ1) is 13.7. The van der Waals surface area contributed by atoms with Crippen molar-refractivity contribution in [1.29, 1.82) is 0 Å². The molecule has 0 saturated heterocycles. The van der Waals surface area contributed by atoms with Crippen molar-refractivity contribution in [1.82, 2.24) is 10.1 Å². The van der Waals surface area contributed by atoms with E-state index >= 15 is 0 Å². The zero-order chi connectivity index (χ0) is 19.8. The van der Waals surface area contributed by atoms with Crippen LogP contribution in [0, 0.1) is 0 Å². The molecule has 1 N–H and O–H groups in total. The van der Waals surface area contributed by atoms with Gasteiger partial charge in [0.05, 0.1) is 19.4 Å². The van der Waals surface area contributed by atoms with Crippen LogP contribution in [0.5, 0.6) is 11.5 Å². The van der Waals surface area contributed by atoms with Crippen LogP contribution in [0.1, 0.15) is 25.7 Å². The smallest absolute Gasteiger partial charge is 0.226 e. The molecule has 1 amide bonds. The lowest BCUT2D eigenvalue weighted by Crippen LogP contribution is -2.12. The maximum absolute atomic E-state index is 12.2. The van der Waals surface area contributed by atoms with Crippen LogP contribution in [0.4, 0.5) is 5.69 Å². The normalized spacial score (nSPS) is 10.5. The molecule has 0 aliphatic carbocycles. The number of rotatable bonds is 9. The molecule has 3 rings (SSSR count). The largest absolute Gasteiger partial charge is 0.497 e. The molecule has 1 aromatic heterocycles. The molecule has 3 aromatic rings. The number of amides is 1. The summed E-state index contributed by atoms with van der Waals surface area (Å²) < 4.78 is 15.9. The lowest BCUT2D eigenvalue weighted by Gasteiger charge is -2.10. The number of ether oxygens (including phenoxy) is 2. The second-order valence-corrected chi connectivity index (χ2v) is 6.07. The average molecular weight is 381 g/mol. The summed E-state index contributed by atoms with van der Waals surface area (Å²) in [7, 11) is 1.62. The van der Waals surface area contributed by atoms with Crippen molar-refractivity contribution in [2.75, 3.05) is 19.0 Å². The van der Waals surface area contributed by atoms with E-state index in [1.807, 2.05) is 55.5 Å². The minimum atomic E-state index is -0.0814. The molecule has 0 spiro atoms. The average Bonchev–Trinajstić information content (AvgIpc) is 3.19. The molecule has 0 radical (unpaired) electrons. The summed E-state index contributed by atoms with van der Waals surface area (Å²) >= 11 is 0. The van der Waals surface area contributed by atoms with Crippen LogP contribution in [0.3, 0.4) is 0 Å². The number of carbonyl (C=O) groups is 1. The number of nitrogens with zero attached hydrogens (tertiary/aromatic N) is 2. The van der Waals surface area contributed by atoms with Gasteiger partial charge in [-0.05, 0) is 49.7 Å². The van der Waals surface area contributed by atoms with Crippen molar-refractivity contribution in [2.24, 2.45) is 0 Å². The topological polar surface area (TPSA) is 86.5 Å². The summed E-state index contributed by atoms with van der Waals surface area (Å²) in [5, 5.41) is 6.88. The van der Waals surface area contributed by atoms with Crippen molar-refractivity contribution in [2.45, 2.75) is 26.2 Å². The predicted molar refractivity (Wildman–Crippen MR) is 105 cm³/mol. The molecule has 0 aliphatic heterocycles. The summed E-state index contributed by atoms with van der Waals surface area (Å²) in [5.74, 6) is 2.38. The van der Waals surface area contributed by atoms with E-state index in [0.29, 0.717) is 49.0 Å². The Balaban J connectivity index is 1.50. The number of para-hydroxylation sites is 2. The Hall–Kier alpha value is -3.35. The summed E-state index contributed by atoms with van der Waals surface area (Å²) in [6.07, 6.45) is 1.48. The molecule has 0 bridgehead atoms. The van der Waals surface area contributed by atoms with Crippen molar-refractivity contribution in [3.05, 3.63) is 54.4 Å². The van der Waals surface area contributed by atoms with Gasteiger partial charge in [-0.1, -0.05) is 17.3 Å². The molecule has 146 valence electrons. The first-order valence-corrected chi connectivity index (χ1v) is 9.18. The first-order valence-electron chi connectivity index (χ1n) is 9.18. The highest BCUT2D eigenvalue weighted by molar-refractivity contribution is 5.92. The highest BCUT2D eigenvalue weighted by Gasteiger charge is 2.11. The van der Waals surface area contributed by atoms with Gasteiger partial charge in [0.1, 0.15) is 11.5 Å². The van der Waals surface area contributed by atoms with Gasteiger partial charge in [0.2, 0.25) is 17.6 Å². The summed E-state index contributed by atoms with van der Waals surface area (Å²) in [4.78, 5) is 16.6. The molecule has 2 aromatic carbocycles. The minimum Gasteiger partial charge on any atom is -0.497 e. The molecule has 7 heteroatoms. The number of carbonyl (C=O) groups excluding carboxylic acids is 1. The maximum atomic E-state index is 12.2. The van der Waals surface area contributed by atoms with Gasteiger partial charge in [0, 0.05) is 18.4 Å². The van der Waals surface area contributed by atoms with Crippen LogP contribution in [-0.2, 0) is 11.2 Å². The Morgan fingerprint density at radius 1 is 1.14 bits per heavy atom. The fraction of sp³-hybridized carbons (Fsp3) is 0.286. The van der Waals surface area contributed by atoms with Crippen LogP contribution in [-0.4, -0.2) is 29.8 Å². The van der Waals surface area contributed by atoms with Crippen LogP contribution in [0.2, 0.25) is 0 Å². The number of anilines is 1. The van der Waals surface area contributed by atoms with Gasteiger partial charge in [-0.2, -0.15) is 4.98 Å². The standard InChI is InChI=1S/C21H23N3O4/c1-3-27-18-8-5-4-7-17(18)22-19(25)9-6-10-20-23-21(24-28-20)15-11-13-16(26-2)14-12-15/h4-5,7-8,11-14H,3,6,9-10H2,1-2H3,(H,22,25). The fourth-order valence-electron chi connectivity index (χ4n) is 2.68. The molecular formula is C21H23N3O4. The lowest BCUT2D eigenvalue weighted by molar-refractivity contribution is -0.116. The molecule has 0 atom stereocenters. The zero-order valence-corrected chi connectivity index (χ0v) is 16.0. The maximum Gasteiger partial charge on any atom is 0.226 e. The molecular weight excluding hydrogens is 358 g/mol. The third-order valence-corrected chi connectivity index (χ3v) is 4.07. The van der Waals surface area contributed by atoms with Gasteiger partial charge in [-0.15, -0.1) is 0 Å². The van der Waals surface area contributed by atoms with Crippen LogP contribution >= 0.6 is 0 Å². The van der Waals surface area contributed by atoms with Crippen LogP contribution in [0.15, 0.2) is 53.1 Å². The Kier molecular flexibility index (Phi) is 6.62. The van der Waals surface area contributed by atoms with E-state index < -0.39 is 0 Å². The molecule has 0 unspecified atom stereocenters. The summed E-state index contributed by atoms with van der Waals surface area (Å²) in [5.41, 5.74) is 1.52. The van der Waals surface area contributed by atoms with Crippen LogP contribution < -0.4 is 14.8 Å². The molecule has 1 heterocycles. The lowest BCUT2D eigenvalue weighted by atomic mass is 10.2. The third-order valence-electron chi connectivity index (χ3n) is 4.07. The highest BCUT2D eigenvalue weighted by Crippen LogP contribution is 2.24. The van der Waals surface area contributed by atoms with E-state index in [-0.39, 0.29) is 5.91 Å². The second kappa shape index (κ2) is 9.55. The van der Waals surface area contributed by atoms with Gasteiger partial charge in [0.15, 0.2) is 0 Å². The van der Waals surface area contributed by atoms with E-state index in [1.165, 1.54) is 0 Å². The van der Waals surface area contributed by atoms with E-state index in [0.717, 1.165) is 11.3 Å². The fourth-order valence-corrected chi connectivity index (χ4v) is 2.68. The molecule has 0 fully saturated rings. The SMILES string of the molecule is CCOc1ccccc1NC(=O)CCCc1nc(-c2ccc(OC)cc2)no1. The summed E-state index contributed by atoms with van der Waals surface area (Å²) in [6.45, 7) is 2.45. The number of benzene rings is 2. The third kappa shape index (κ3) is 5.09. The van der Waals surface area contributed by atoms with E-state index in [9.17, 15) is 4.79 Å². The molecule has 0 saturated carbocycles. The van der Waals surface area contributed by atoms with E-state index in [1.54, 1.807) is 7.11 Å². The molecule has 7 nitrogen and oxygen atoms in total. The highest BCUT2D eigenvalue weighted by atomic mass is 16.5. The van der Waals surface area contributed by atoms with Crippen molar-refractivity contribution in [3.63, 3.8) is 0 Å². The number of aryl methyl sites for hydroxylation is 1. The second-order valence-electron chi connectivity index (χ2n) is 6.07. The Morgan fingerprint density at radius 2 is 1.93 bits per heavy atom. The van der Waals surface area contributed by atoms with Gasteiger partial charge in [0.25, 0.3) is 0 Å². The van der Waals surface area contributed by atoms with Crippen LogP contribution in [0.25, 0.3) is 11.4 Å². The van der Waals surface area contributed by atoms with Gasteiger partial charge in [-0.3, -0.25) is 4.79 Å². The monoisotopic (exact) mass is 381 g/mol. The van der Waals surface area contributed by atoms with E-state index in [4.69, 9.17) is 14.0 Å². The van der Waals surface area contributed by atoms with Gasteiger partial charge in [-0.25, -0.2) is 0 Å². The summed E-state index contributed by atoms with van der Waals surface area (Å²) in [6, 6.07) is 14.8. The van der Waals surface area contributed by atoms with Crippen molar-refractivity contribution >= 4 is 11.6 Å². The van der Waals surface area contributed by atoms with E-state index in [2.05, 4.69) is 15.5 Å². The number of hydrogen-bond acceptors (Lipinski definition) is 6. The number of aromatic nitrogens is 2. The zero-order valence-electron chi connectivity index (χ0n) is 16.0. The van der Waals surface area contributed by atoms with Gasteiger partial charge < -0.3 is 19.3 Å². The minimum absolute atomic E-state index is 0.0814. The molecule has 0 aliphatic rings. The van der Waals surface area contributed by atoms with Crippen molar-refractivity contribution < 1.29 is 18.8 Å². The van der Waals surface area contributed by atoms with Gasteiger partial charge >= 0.3 is 0 Å². The predicted octanol–water partition coefficient (Wildman–Crippen LogP) is 4.11. The quantitative estimate of drug-likeness (QED) is 0.600. The molecule has 28 heavy (non-hydrogen) atoms. The first kappa shape index (κ1) is 19.4. The number of methoxy groups -OCH3 is 1. The van der Waals surface area contributed by atoms with Crippen molar-refractivity contribution in [3.8, 4) is 22.9 Å². The Labute approximate surface area is 163 Å².